The monoisotopic (exact) mass is 516 g/mol. The summed E-state index contributed by atoms with van der Waals surface area (Å²) >= 11 is 0. The lowest BCUT2D eigenvalue weighted by molar-refractivity contribution is -0.142. The van der Waals surface area contributed by atoms with Crippen LogP contribution in [0.25, 0.3) is 0 Å². The van der Waals surface area contributed by atoms with Crippen LogP contribution in [-0.2, 0) is 27.0 Å². The molecule has 0 unspecified atom stereocenters. The molecule has 0 aromatic heterocycles. The zero-order chi connectivity index (χ0) is 26.3. The molecule has 0 aliphatic carbocycles. The van der Waals surface area contributed by atoms with E-state index in [9.17, 15) is 29.0 Å². The lowest BCUT2D eigenvalue weighted by atomic mass is 9.80. The van der Waals surface area contributed by atoms with E-state index in [0.29, 0.717) is 12.8 Å². The van der Waals surface area contributed by atoms with Crippen LogP contribution in [0.4, 0.5) is 0 Å². The van der Waals surface area contributed by atoms with Gasteiger partial charge in [-0.15, -0.1) is 0 Å². The third-order valence-corrected chi connectivity index (χ3v) is 8.12. The second-order valence-corrected chi connectivity index (χ2v) is 11.8. The van der Waals surface area contributed by atoms with Crippen molar-refractivity contribution in [2.24, 2.45) is 17.8 Å². The predicted molar refractivity (Wildman–Crippen MR) is 138 cm³/mol. The van der Waals surface area contributed by atoms with Gasteiger partial charge in [0.15, 0.2) is 0 Å². The Labute approximate surface area is 212 Å². The van der Waals surface area contributed by atoms with Crippen LogP contribution < -0.4 is 10.6 Å². The first-order chi connectivity index (χ1) is 17.1. The van der Waals surface area contributed by atoms with Gasteiger partial charge in [0.05, 0.1) is 6.04 Å². The topological polar surface area (TPSA) is 136 Å². The van der Waals surface area contributed by atoms with E-state index in [1.54, 1.807) is 24.3 Å². The number of aliphatic carboxylic acids is 1. The first-order valence-electron chi connectivity index (χ1n) is 12.5. The lowest BCUT2D eigenvalue weighted by Crippen LogP contribution is -2.51. The minimum absolute atomic E-state index is 0.117. The zero-order valence-corrected chi connectivity index (χ0v) is 21.7. The molecule has 9 heteroatoms. The van der Waals surface area contributed by atoms with Crippen LogP contribution in [0.1, 0.15) is 44.2 Å². The van der Waals surface area contributed by atoms with Crippen LogP contribution in [0.15, 0.2) is 60.7 Å². The number of carbonyl (C=O) groups is 2. The molecule has 0 bridgehead atoms. The van der Waals surface area contributed by atoms with E-state index in [1.165, 1.54) is 0 Å². The second-order valence-electron chi connectivity index (χ2n) is 10.1. The van der Waals surface area contributed by atoms with Crippen molar-refractivity contribution in [3.8, 4) is 0 Å². The zero-order valence-electron chi connectivity index (χ0n) is 20.8. The Morgan fingerprint density at radius 1 is 0.972 bits per heavy atom. The summed E-state index contributed by atoms with van der Waals surface area (Å²) in [5, 5.41) is 15.3. The molecule has 1 aliphatic heterocycles. The van der Waals surface area contributed by atoms with Gasteiger partial charge in [-0.05, 0) is 54.6 Å². The third kappa shape index (κ3) is 7.74. The Kier molecular flexibility index (Phi) is 9.85. The molecule has 1 saturated heterocycles. The molecule has 1 fully saturated rings. The van der Waals surface area contributed by atoms with Crippen LogP contribution in [0.2, 0.25) is 0 Å². The molecule has 1 amide bonds. The normalized spacial score (nSPS) is 22.9. The Morgan fingerprint density at radius 2 is 1.56 bits per heavy atom. The fraction of sp³-hybridized carbons (Fsp3) is 0.481. The highest BCUT2D eigenvalue weighted by atomic mass is 31.2. The van der Waals surface area contributed by atoms with Crippen molar-refractivity contribution in [3.63, 3.8) is 0 Å². The minimum Gasteiger partial charge on any atom is -0.480 e. The number of carbonyl (C=O) groups excluding carboxylic acids is 1. The van der Waals surface area contributed by atoms with Crippen molar-refractivity contribution in [3.05, 3.63) is 71.8 Å². The summed E-state index contributed by atoms with van der Waals surface area (Å²) < 4.78 is 12.5. The highest BCUT2D eigenvalue weighted by Crippen LogP contribution is 2.52. The maximum atomic E-state index is 13.4. The Morgan fingerprint density at radius 3 is 2.08 bits per heavy atom. The quantitative estimate of drug-likeness (QED) is 0.272. The van der Waals surface area contributed by atoms with Gasteiger partial charge in [0.1, 0.15) is 11.8 Å². The molecule has 1 aliphatic rings. The van der Waals surface area contributed by atoms with Gasteiger partial charge in [0, 0.05) is 6.42 Å². The minimum atomic E-state index is -4.55. The van der Waals surface area contributed by atoms with Gasteiger partial charge in [0.2, 0.25) is 5.91 Å². The van der Waals surface area contributed by atoms with Gasteiger partial charge >= 0.3 is 13.6 Å². The summed E-state index contributed by atoms with van der Waals surface area (Å²) in [6.07, 6.45) is 2.75. The summed E-state index contributed by atoms with van der Waals surface area (Å²) in [7, 11) is -4.55. The van der Waals surface area contributed by atoms with Crippen LogP contribution in [-0.4, -0.2) is 44.6 Å². The molecule has 196 valence electrons. The van der Waals surface area contributed by atoms with Crippen molar-refractivity contribution in [1.29, 1.82) is 0 Å². The summed E-state index contributed by atoms with van der Waals surface area (Å²) in [6.45, 7) is 4.02. The number of aryl methyl sites for hydroxylation is 1. The van der Waals surface area contributed by atoms with Crippen molar-refractivity contribution >= 4 is 19.5 Å². The highest BCUT2D eigenvalue weighted by molar-refractivity contribution is 7.52. The molecule has 8 nitrogen and oxygen atoms in total. The van der Waals surface area contributed by atoms with Crippen molar-refractivity contribution in [2.45, 2.75) is 63.8 Å². The van der Waals surface area contributed by atoms with E-state index in [-0.39, 0.29) is 18.3 Å². The third-order valence-electron chi connectivity index (χ3n) is 6.87. The molecule has 0 spiro atoms. The fourth-order valence-electron chi connectivity index (χ4n) is 5.25. The highest BCUT2D eigenvalue weighted by Gasteiger charge is 2.52. The second kappa shape index (κ2) is 12.6. The van der Waals surface area contributed by atoms with Crippen LogP contribution in [0.3, 0.4) is 0 Å². The van der Waals surface area contributed by atoms with E-state index in [2.05, 4.69) is 10.6 Å². The van der Waals surface area contributed by atoms with Crippen molar-refractivity contribution in [2.75, 3.05) is 0 Å². The smallest absolute Gasteiger partial charge is 0.342 e. The first kappa shape index (κ1) is 28.1. The van der Waals surface area contributed by atoms with Crippen LogP contribution >= 0.6 is 7.60 Å². The average Bonchev–Trinajstić information content (AvgIpc) is 3.18. The van der Waals surface area contributed by atoms with Gasteiger partial charge in [0.25, 0.3) is 0 Å². The summed E-state index contributed by atoms with van der Waals surface area (Å²) in [5.41, 5.74) is 1.92. The molecule has 0 saturated carbocycles. The molecule has 1 heterocycles. The number of carboxylic acid groups (broad SMARTS) is 1. The van der Waals surface area contributed by atoms with Crippen molar-refractivity contribution < 1.29 is 29.0 Å². The molecule has 0 radical (unpaired) electrons. The average molecular weight is 517 g/mol. The van der Waals surface area contributed by atoms with Gasteiger partial charge in [-0.3, -0.25) is 14.7 Å². The van der Waals surface area contributed by atoms with Gasteiger partial charge < -0.3 is 20.2 Å². The number of nitrogens with one attached hydrogen (secondary N) is 2. The molecule has 36 heavy (non-hydrogen) atoms. The number of rotatable bonds is 12. The summed E-state index contributed by atoms with van der Waals surface area (Å²) in [5.74, 6) is -3.39. The van der Waals surface area contributed by atoms with E-state index >= 15 is 0 Å². The number of carboxylic acids is 1. The van der Waals surface area contributed by atoms with Gasteiger partial charge in [-0.1, -0.05) is 74.5 Å². The SMILES string of the molecule is CC(C)C[C@H]1[C@H](CCCc2ccccc2)[C@@H](P(=O)(O)O)N[C@@H]1C(=O)N[C@@H](Cc1ccccc1)C(=O)O. The van der Waals surface area contributed by atoms with Crippen LogP contribution in [0.5, 0.6) is 0 Å². The number of amides is 1. The van der Waals surface area contributed by atoms with Crippen LogP contribution in [0, 0.1) is 17.8 Å². The van der Waals surface area contributed by atoms with E-state index in [0.717, 1.165) is 24.0 Å². The van der Waals surface area contributed by atoms with Crippen molar-refractivity contribution in [1.82, 2.24) is 10.6 Å². The Hall–Kier alpha value is -2.51. The Bertz CT molecular complexity index is 1040. The number of hydrogen-bond donors (Lipinski definition) is 5. The molecular weight excluding hydrogens is 479 g/mol. The molecular formula is C27H37N2O6P. The first-order valence-corrected chi connectivity index (χ1v) is 14.2. The Balaban J connectivity index is 1.78. The molecule has 2 aromatic rings. The van der Waals surface area contributed by atoms with E-state index in [4.69, 9.17) is 0 Å². The lowest BCUT2D eigenvalue weighted by Gasteiger charge is -2.27. The van der Waals surface area contributed by atoms with E-state index in [1.807, 2.05) is 50.2 Å². The number of hydrogen-bond acceptors (Lipinski definition) is 4. The standard InChI is InChI=1S/C27H37N2O6P/c1-18(2)16-22-21(15-9-14-19-10-5-3-6-11-19)26(36(33,34)35)29-24(22)25(30)28-23(27(31)32)17-20-12-7-4-8-13-20/h3-8,10-13,18,21-24,26,29H,9,14-17H2,1-2H3,(H,28,30)(H,31,32)(H2,33,34,35)/t21-,22-,23-,24-,26+/m0/s1. The maximum absolute atomic E-state index is 13.4. The largest absolute Gasteiger partial charge is 0.480 e. The van der Waals surface area contributed by atoms with Gasteiger partial charge in [-0.25, -0.2) is 4.79 Å². The molecule has 5 atom stereocenters. The molecule has 5 N–H and O–H groups in total. The maximum Gasteiger partial charge on any atom is 0.342 e. The molecule has 2 aromatic carbocycles. The predicted octanol–water partition coefficient (Wildman–Crippen LogP) is 3.58. The summed E-state index contributed by atoms with van der Waals surface area (Å²) in [4.78, 5) is 45.6. The number of benzene rings is 2. The van der Waals surface area contributed by atoms with Gasteiger partial charge in [-0.2, -0.15) is 0 Å². The summed E-state index contributed by atoms with van der Waals surface area (Å²) in [6, 6.07) is 16.9. The fourth-order valence-corrected chi connectivity index (χ4v) is 6.48. The molecule has 3 rings (SSSR count). The van der Waals surface area contributed by atoms with E-state index < -0.39 is 43.3 Å².